The zero-order chi connectivity index (χ0) is 15.3. The minimum absolute atomic E-state index is 0.0377. The van der Waals surface area contributed by atoms with Crippen molar-refractivity contribution in [3.05, 3.63) is 54.6 Å². The van der Waals surface area contributed by atoms with E-state index >= 15 is 0 Å². The number of sulfonamides is 1. The van der Waals surface area contributed by atoms with Crippen LogP contribution < -0.4 is 10.0 Å². The summed E-state index contributed by atoms with van der Waals surface area (Å²) in [6.45, 7) is 0. The maximum absolute atomic E-state index is 12.2. The Hall–Kier alpha value is -2.85. The van der Waals surface area contributed by atoms with Crippen LogP contribution in [0.5, 0.6) is 0 Å². The predicted octanol–water partition coefficient (Wildman–Crippen LogP) is 1.82. The van der Waals surface area contributed by atoms with Crippen LogP contribution in [0.15, 0.2) is 59.5 Å². The van der Waals surface area contributed by atoms with Gasteiger partial charge < -0.3 is 0 Å². The van der Waals surface area contributed by atoms with E-state index in [4.69, 9.17) is 5.26 Å². The Kier molecular flexibility index (Phi) is 4.21. The van der Waals surface area contributed by atoms with E-state index in [1.54, 1.807) is 52.5 Å². The minimum Gasteiger partial charge on any atom is -0.247 e. The van der Waals surface area contributed by atoms with E-state index in [2.05, 4.69) is 0 Å². The van der Waals surface area contributed by atoms with Crippen LogP contribution in [0.4, 0.5) is 4.79 Å². The van der Waals surface area contributed by atoms with E-state index in [-0.39, 0.29) is 4.90 Å². The van der Waals surface area contributed by atoms with Crippen LogP contribution in [0.25, 0.3) is 11.1 Å². The second-order valence-electron chi connectivity index (χ2n) is 4.03. The number of hydrogen-bond acceptors (Lipinski definition) is 4. The zero-order valence-electron chi connectivity index (χ0n) is 10.8. The number of hydrogen-bond donors (Lipinski definition) is 2. The predicted molar refractivity (Wildman–Crippen MR) is 76.3 cm³/mol. The Morgan fingerprint density at radius 2 is 1.62 bits per heavy atom. The number of carbonyl (C=O) groups is 1. The van der Waals surface area contributed by atoms with E-state index in [1.807, 2.05) is 6.07 Å². The molecule has 0 radical (unpaired) electrons. The highest BCUT2D eigenvalue weighted by atomic mass is 32.2. The molecule has 7 heteroatoms. The quantitative estimate of drug-likeness (QED) is 0.667. The smallest absolute Gasteiger partial charge is 0.247 e. The molecule has 0 fully saturated rings. The standard InChI is InChI=1S/C14H11N3O3S/c15-10-16-14(18)17-21(19,20)13-9-5-4-8-12(13)11-6-2-1-3-7-11/h1-9H,(H2,16,17,18). The Morgan fingerprint density at radius 1 is 1.00 bits per heavy atom. The van der Waals surface area contributed by atoms with Crippen LogP contribution in [0.2, 0.25) is 0 Å². The first-order valence-corrected chi connectivity index (χ1v) is 7.39. The van der Waals surface area contributed by atoms with Crippen molar-refractivity contribution in [3.8, 4) is 17.3 Å². The molecule has 0 saturated heterocycles. The number of rotatable bonds is 3. The van der Waals surface area contributed by atoms with Crippen molar-refractivity contribution in [1.82, 2.24) is 10.0 Å². The van der Waals surface area contributed by atoms with Crippen LogP contribution in [0, 0.1) is 11.5 Å². The zero-order valence-corrected chi connectivity index (χ0v) is 11.6. The van der Waals surface area contributed by atoms with Crippen molar-refractivity contribution in [2.75, 3.05) is 0 Å². The van der Waals surface area contributed by atoms with Crippen molar-refractivity contribution in [1.29, 1.82) is 5.26 Å². The third kappa shape index (κ3) is 3.38. The molecule has 2 amide bonds. The average Bonchev–Trinajstić information content (AvgIpc) is 2.48. The fourth-order valence-electron chi connectivity index (χ4n) is 1.81. The molecule has 21 heavy (non-hydrogen) atoms. The molecular formula is C14H11N3O3S. The lowest BCUT2D eigenvalue weighted by Gasteiger charge is -2.11. The summed E-state index contributed by atoms with van der Waals surface area (Å²) in [6, 6.07) is 14.1. The number of nitrogens with one attached hydrogen (secondary N) is 2. The summed E-state index contributed by atoms with van der Waals surface area (Å²) in [7, 11) is -4.07. The van der Waals surface area contributed by atoms with Crippen LogP contribution in [-0.4, -0.2) is 14.4 Å². The lowest BCUT2D eigenvalue weighted by atomic mass is 10.1. The molecule has 2 rings (SSSR count). The van der Waals surface area contributed by atoms with Gasteiger partial charge in [-0.1, -0.05) is 48.5 Å². The van der Waals surface area contributed by atoms with E-state index in [0.29, 0.717) is 11.1 Å². The van der Waals surface area contributed by atoms with Crippen LogP contribution >= 0.6 is 0 Å². The lowest BCUT2D eigenvalue weighted by Crippen LogP contribution is -2.37. The Morgan fingerprint density at radius 3 is 2.29 bits per heavy atom. The topological polar surface area (TPSA) is 99.1 Å². The van der Waals surface area contributed by atoms with Gasteiger partial charge in [-0.15, -0.1) is 0 Å². The minimum atomic E-state index is -4.07. The molecule has 0 aliphatic carbocycles. The molecule has 2 aromatic rings. The van der Waals surface area contributed by atoms with Gasteiger partial charge in [-0.3, -0.25) is 0 Å². The van der Waals surface area contributed by atoms with Gasteiger partial charge in [0.1, 0.15) is 0 Å². The molecule has 0 aliphatic heterocycles. The second-order valence-corrected chi connectivity index (χ2v) is 5.68. The van der Waals surface area contributed by atoms with Crippen LogP contribution in [0.3, 0.4) is 0 Å². The summed E-state index contributed by atoms with van der Waals surface area (Å²) in [5, 5.41) is 10.0. The van der Waals surface area contributed by atoms with E-state index < -0.39 is 16.1 Å². The Balaban J connectivity index is 2.46. The maximum atomic E-state index is 12.2. The monoisotopic (exact) mass is 301 g/mol. The molecule has 0 aliphatic rings. The number of nitriles is 1. The van der Waals surface area contributed by atoms with Gasteiger partial charge in [-0.25, -0.2) is 23.3 Å². The van der Waals surface area contributed by atoms with Crippen molar-refractivity contribution in [2.24, 2.45) is 0 Å². The number of urea groups is 1. The SMILES string of the molecule is N#CNC(=O)NS(=O)(=O)c1ccccc1-c1ccccc1. The van der Waals surface area contributed by atoms with Gasteiger partial charge >= 0.3 is 6.03 Å². The molecule has 0 bridgehead atoms. The fourth-order valence-corrected chi connectivity index (χ4v) is 2.95. The first-order chi connectivity index (χ1) is 10.0. The number of nitrogens with zero attached hydrogens (tertiary/aromatic N) is 1. The van der Waals surface area contributed by atoms with Gasteiger partial charge in [0.05, 0.1) is 4.90 Å². The highest BCUT2D eigenvalue weighted by Gasteiger charge is 2.21. The first-order valence-electron chi connectivity index (χ1n) is 5.91. The van der Waals surface area contributed by atoms with E-state index in [0.717, 1.165) is 0 Å². The average molecular weight is 301 g/mol. The highest BCUT2D eigenvalue weighted by Crippen LogP contribution is 2.26. The third-order valence-electron chi connectivity index (χ3n) is 2.66. The molecule has 106 valence electrons. The molecule has 0 unspecified atom stereocenters. The fraction of sp³-hybridized carbons (Fsp3) is 0. The van der Waals surface area contributed by atoms with Gasteiger partial charge in [0.2, 0.25) is 0 Å². The lowest BCUT2D eigenvalue weighted by molar-refractivity contribution is 0.249. The van der Waals surface area contributed by atoms with Gasteiger partial charge in [0.15, 0.2) is 6.19 Å². The van der Waals surface area contributed by atoms with Gasteiger partial charge in [-0.05, 0) is 11.6 Å². The largest absolute Gasteiger partial charge is 0.341 e. The molecule has 0 atom stereocenters. The summed E-state index contributed by atoms with van der Waals surface area (Å²) in [4.78, 5) is 11.2. The van der Waals surface area contributed by atoms with Crippen molar-refractivity contribution >= 4 is 16.1 Å². The summed E-state index contributed by atoms with van der Waals surface area (Å²) < 4.78 is 26.2. The van der Waals surface area contributed by atoms with Crippen molar-refractivity contribution in [2.45, 2.75) is 4.90 Å². The van der Waals surface area contributed by atoms with E-state index in [1.165, 1.54) is 12.3 Å². The second kappa shape index (κ2) is 6.07. The summed E-state index contributed by atoms with van der Waals surface area (Å²) in [6.07, 6.45) is 1.36. The number of carbonyl (C=O) groups excluding carboxylic acids is 1. The summed E-state index contributed by atoms with van der Waals surface area (Å²) in [5.41, 5.74) is 1.18. The van der Waals surface area contributed by atoms with E-state index in [9.17, 15) is 13.2 Å². The number of benzene rings is 2. The molecule has 2 aromatic carbocycles. The Labute approximate surface area is 122 Å². The van der Waals surface area contributed by atoms with Crippen molar-refractivity contribution < 1.29 is 13.2 Å². The van der Waals surface area contributed by atoms with Crippen LogP contribution in [0.1, 0.15) is 0 Å². The third-order valence-corrected chi connectivity index (χ3v) is 4.05. The summed E-state index contributed by atoms with van der Waals surface area (Å²) >= 11 is 0. The normalized spacial score (nSPS) is 10.4. The molecule has 0 spiro atoms. The van der Waals surface area contributed by atoms with Crippen molar-refractivity contribution in [3.63, 3.8) is 0 Å². The molecule has 6 nitrogen and oxygen atoms in total. The molecule has 0 saturated carbocycles. The Bertz CT molecular complexity index is 796. The first kappa shape index (κ1) is 14.6. The summed E-state index contributed by atoms with van der Waals surface area (Å²) in [5.74, 6) is 0. The van der Waals surface area contributed by atoms with Gasteiger partial charge in [-0.2, -0.15) is 5.26 Å². The number of amides is 2. The van der Waals surface area contributed by atoms with Gasteiger partial charge in [0.25, 0.3) is 10.0 Å². The van der Waals surface area contributed by atoms with Gasteiger partial charge in [0, 0.05) is 5.56 Å². The molecular weight excluding hydrogens is 290 g/mol. The molecule has 0 aromatic heterocycles. The van der Waals surface area contributed by atoms with Crippen LogP contribution in [-0.2, 0) is 10.0 Å². The molecule has 2 N–H and O–H groups in total. The molecule has 0 heterocycles. The highest BCUT2D eigenvalue weighted by molar-refractivity contribution is 7.90. The maximum Gasteiger partial charge on any atom is 0.341 e.